The van der Waals surface area contributed by atoms with E-state index in [2.05, 4.69) is 20.5 Å². The summed E-state index contributed by atoms with van der Waals surface area (Å²) in [6.45, 7) is 0.623. The number of carbonyl (C=O) groups excluding carboxylic acids is 1. The summed E-state index contributed by atoms with van der Waals surface area (Å²) < 4.78 is 87.9. The first-order valence-electron chi connectivity index (χ1n) is 11.7. The van der Waals surface area contributed by atoms with E-state index in [9.17, 15) is 31.1 Å². The van der Waals surface area contributed by atoms with E-state index < -0.39 is 36.3 Å². The fourth-order valence-corrected chi connectivity index (χ4v) is 4.18. The first-order chi connectivity index (χ1) is 18.5. The fourth-order valence-electron chi connectivity index (χ4n) is 4.18. The summed E-state index contributed by atoms with van der Waals surface area (Å²) in [4.78, 5) is 17.9. The molecular formula is C24H20F6N7O2+. The van der Waals surface area contributed by atoms with Crippen molar-refractivity contribution in [3.8, 4) is 11.3 Å². The highest BCUT2D eigenvalue weighted by Crippen LogP contribution is 2.36. The van der Waals surface area contributed by atoms with Crippen LogP contribution in [0.25, 0.3) is 16.9 Å². The Balaban J connectivity index is 1.54. The molecule has 5 rings (SSSR count). The van der Waals surface area contributed by atoms with Gasteiger partial charge in [-0.25, -0.2) is 4.79 Å². The number of alkyl halides is 6. The minimum Gasteiger partial charge on any atom is -0.386 e. The van der Waals surface area contributed by atoms with E-state index in [4.69, 9.17) is 4.74 Å². The summed E-state index contributed by atoms with van der Waals surface area (Å²) in [7, 11) is 0. The van der Waals surface area contributed by atoms with Gasteiger partial charge >= 0.3 is 25.2 Å². The molecule has 39 heavy (non-hydrogen) atoms. The number of nitrogens with one attached hydrogen (secondary N) is 1. The molecule has 0 spiro atoms. The summed E-state index contributed by atoms with van der Waals surface area (Å²) in [5.41, 5.74) is -1.85. The van der Waals surface area contributed by atoms with Crippen LogP contribution >= 0.6 is 0 Å². The lowest BCUT2D eigenvalue weighted by Gasteiger charge is -2.14. The van der Waals surface area contributed by atoms with Crippen molar-refractivity contribution in [2.24, 2.45) is 0 Å². The number of rotatable bonds is 5. The average molecular weight is 552 g/mol. The number of amides is 1. The predicted molar refractivity (Wildman–Crippen MR) is 123 cm³/mol. The van der Waals surface area contributed by atoms with Gasteiger partial charge in [0, 0.05) is 31.0 Å². The summed E-state index contributed by atoms with van der Waals surface area (Å²) >= 11 is 0. The number of aromatic nitrogens is 5. The van der Waals surface area contributed by atoms with Gasteiger partial charge in [-0.3, -0.25) is 4.98 Å². The summed E-state index contributed by atoms with van der Waals surface area (Å²) in [5, 5.41) is 10.8. The van der Waals surface area contributed by atoms with E-state index in [0.29, 0.717) is 13.1 Å². The van der Waals surface area contributed by atoms with E-state index in [-0.39, 0.29) is 28.5 Å². The second-order valence-corrected chi connectivity index (χ2v) is 8.69. The maximum atomic E-state index is 13.7. The van der Waals surface area contributed by atoms with Crippen LogP contribution in [-0.4, -0.2) is 43.8 Å². The average Bonchev–Trinajstić information content (AvgIpc) is 3.57. The Morgan fingerprint density at radius 3 is 2.38 bits per heavy atom. The first-order valence-corrected chi connectivity index (χ1v) is 11.7. The zero-order chi connectivity index (χ0) is 27.8. The Bertz CT molecular complexity index is 1500. The van der Waals surface area contributed by atoms with E-state index in [1.807, 2.05) is 0 Å². The molecule has 0 atom stereocenters. The van der Waals surface area contributed by atoms with Crippen molar-refractivity contribution in [1.29, 1.82) is 0 Å². The number of carbonyl (C=O) groups is 1. The van der Waals surface area contributed by atoms with Gasteiger partial charge in [0.2, 0.25) is 11.8 Å². The number of anilines is 2. The van der Waals surface area contributed by atoms with E-state index in [0.717, 1.165) is 31.0 Å². The highest BCUT2D eigenvalue weighted by Gasteiger charge is 2.35. The van der Waals surface area contributed by atoms with Gasteiger partial charge in [0.25, 0.3) is 5.95 Å². The molecule has 4 heterocycles. The van der Waals surface area contributed by atoms with Gasteiger partial charge in [-0.15, -0.1) is 10.2 Å². The maximum Gasteiger partial charge on any atom is 0.418 e. The molecule has 204 valence electrons. The molecule has 1 aromatic carbocycles. The van der Waals surface area contributed by atoms with Gasteiger partial charge in [0.05, 0.1) is 22.4 Å². The lowest BCUT2D eigenvalue weighted by Crippen LogP contribution is -2.45. The van der Waals surface area contributed by atoms with Crippen LogP contribution in [0, 0.1) is 0 Å². The number of benzene rings is 1. The molecule has 1 aliphatic heterocycles. The van der Waals surface area contributed by atoms with Crippen molar-refractivity contribution in [2.45, 2.75) is 31.9 Å². The molecule has 0 bridgehead atoms. The predicted octanol–water partition coefficient (Wildman–Crippen LogP) is 5.05. The fraction of sp³-hybridized carbons (Fsp3) is 0.292. The van der Waals surface area contributed by atoms with E-state index in [1.165, 1.54) is 50.8 Å². The molecule has 1 saturated heterocycles. The van der Waals surface area contributed by atoms with Crippen LogP contribution < -0.4 is 10.00 Å². The molecule has 9 nitrogen and oxygen atoms in total. The topological polar surface area (TPSA) is 88.5 Å². The molecule has 4 aromatic rings. The quantitative estimate of drug-likeness (QED) is 0.276. The molecule has 1 amide bonds. The van der Waals surface area contributed by atoms with Gasteiger partial charge in [-0.2, -0.15) is 26.3 Å². The third-order valence-corrected chi connectivity index (χ3v) is 6.03. The molecule has 1 N–H and O–H groups in total. The Morgan fingerprint density at radius 1 is 1.00 bits per heavy atom. The number of ether oxygens (including phenoxy) is 1. The van der Waals surface area contributed by atoms with E-state index >= 15 is 0 Å². The van der Waals surface area contributed by atoms with Crippen molar-refractivity contribution >= 4 is 23.4 Å². The van der Waals surface area contributed by atoms with Gasteiger partial charge in [0.1, 0.15) is 0 Å². The Labute approximate surface area is 216 Å². The van der Waals surface area contributed by atoms with Gasteiger partial charge in [-0.05, 0) is 49.2 Å². The highest BCUT2D eigenvalue weighted by atomic mass is 19.4. The number of pyridine rings is 1. The third kappa shape index (κ3) is 5.56. The lowest BCUT2D eigenvalue weighted by molar-refractivity contribution is -0.788. The van der Waals surface area contributed by atoms with Crippen molar-refractivity contribution in [3.05, 3.63) is 66.0 Å². The normalized spacial score (nSPS) is 14.2. The van der Waals surface area contributed by atoms with Crippen LogP contribution in [-0.2, 0) is 23.8 Å². The van der Waals surface area contributed by atoms with Crippen molar-refractivity contribution in [2.75, 3.05) is 18.4 Å². The molecule has 1 fully saturated rings. The molecule has 1 aliphatic rings. The van der Waals surface area contributed by atoms with Crippen LogP contribution in [0.1, 0.15) is 24.0 Å². The van der Waals surface area contributed by atoms with Crippen molar-refractivity contribution in [3.63, 3.8) is 0 Å². The zero-order valence-corrected chi connectivity index (χ0v) is 20.0. The van der Waals surface area contributed by atoms with Crippen LogP contribution in [0.5, 0.6) is 0 Å². The molecular weight excluding hydrogens is 532 g/mol. The van der Waals surface area contributed by atoms with E-state index in [1.54, 1.807) is 0 Å². The number of fused-ring (bicyclic) bond motifs is 1. The number of hydrogen-bond donors (Lipinski definition) is 1. The van der Waals surface area contributed by atoms with Gasteiger partial charge < -0.3 is 15.0 Å². The smallest absolute Gasteiger partial charge is 0.386 e. The SMILES string of the molecule is O=C(OC[n+]1cc(-c2ncccc2C(F)(F)F)cc2nnc(Nc3ccc(C(F)(F)F)cc3)n21)N1CCCC1. The number of halogens is 6. The molecule has 3 aromatic heterocycles. The zero-order valence-electron chi connectivity index (χ0n) is 20.0. The molecule has 15 heteroatoms. The number of nitrogens with zero attached hydrogens (tertiary/aromatic N) is 6. The molecule has 0 aliphatic carbocycles. The van der Waals surface area contributed by atoms with Crippen LogP contribution in [0.4, 0.5) is 42.8 Å². The summed E-state index contributed by atoms with van der Waals surface area (Å²) in [5.74, 6) is 0.0191. The Kier molecular flexibility index (Phi) is 6.74. The Morgan fingerprint density at radius 2 is 1.72 bits per heavy atom. The molecule has 0 saturated carbocycles. The second-order valence-electron chi connectivity index (χ2n) is 8.69. The van der Waals surface area contributed by atoms with Gasteiger partial charge in [-0.1, -0.05) is 9.20 Å². The minimum atomic E-state index is -4.69. The van der Waals surface area contributed by atoms with Crippen LogP contribution in [0.3, 0.4) is 0 Å². The summed E-state index contributed by atoms with van der Waals surface area (Å²) in [6, 6.07) is 7.54. The molecule has 0 radical (unpaired) electrons. The molecule has 0 unspecified atom stereocenters. The number of likely N-dealkylation sites (tertiary alicyclic amines) is 1. The van der Waals surface area contributed by atoms with Crippen LogP contribution in [0.15, 0.2) is 54.9 Å². The lowest BCUT2D eigenvalue weighted by atomic mass is 10.1. The van der Waals surface area contributed by atoms with Crippen molar-refractivity contribution in [1.82, 2.24) is 24.6 Å². The number of hydrogen-bond acceptors (Lipinski definition) is 6. The maximum absolute atomic E-state index is 13.7. The Hall–Kier alpha value is -4.43. The van der Waals surface area contributed by atoms with Crippen molar-refractivity contribution < 1.29 is 40.6 Å². The minimum absolute atomic E-state index is 0.0191. The second kappa shape index (κ2) is 10.0. The summed E-state index contributed by atoms with van der Waals surface area (Å²) in [6.07, 6.45) is -5.64. The van der Waals surface area contributed by atoms with Gasteiger partial charge in [0.15, 0.2) is 0 Å². The first kappa shape index (κ1) is 26.2. The standard InChI is InChI=1S/C24H19F6N7O2/c25-23(26,27)16-5-7-17(8-6-16)32-21-34-33-19-12-15(20-18(24(28,29)30)4-3-9-31-20)13-36(37(19)21)14-39-22(38)35-10-1-2-11-35/h3-9,12-13H,1-2,10-11,14H2/p+1. The largest absolute Gasteiger partial charge is 0.418 e. The monoisotopic (exact) mass is 552 g/mol. The third-order valence-electron chi connectivity index (χ3n) is 6.03. The van der Waals surface area contributed by atoms with Crippen LogP contribution in [0.2, 0.25) is 0 Å². The highest BCUT2D eigenvalue weighted by molar-refractivity contribution is 5.68.